The highest BCUT2D eigenvalue weighted by Gasteiger charge is 2.25. The topological polar surface area (TPSA) is 3.24 Å². The maximum Gasteiger partial charge on any atom is 0.000973 e. The lowest BCUT2D eigenvalue weighted by atomic mass is 9.85. The Bertz CT molecular complexity index is 155. The molecule has 0 aromatic rings. The van der Waals surface area contributed by atoms with Crippen LogP contribution in [0, 0.1) is 11.8 Å². The first-order valence-electron chi connectivity index (χ1n) is 6.96. The Labute approximate surface area is 96.2 Å². The lowest BCUT2D eigenvalue weighted by Gasteiger charge is -2.22. The van der Waals surface area contributed by atoms with E-state index in [4.69, 9.17) is 0 Å². The minimum absolute atomic E-state index is 1.00. The standard InChI is InChI=1S/C14H29N/c1-4-6-7-8-9-13(5-2)14-10-11-15(3)12-14/h13-14H,4-12H2,1-3H3. The Morgan fingerprint density at radius 3 is 2.53 bits per heavy atom. The van der Waals surface area contributed by atoms with Crippen LogP contribution in [0.1, 0.15) is 58.8 Å². The van der Waals surface area contributed by atoms with E-state index in [0.717, 1.165) is 11.8 Å². The number of rotatable bonds is 7. The summed E-state index contributed by atoms with van der Waals surface area (Å²) in [6.45, 7) is 7.36. The molecule has 0 spiro atoms. The lowest BCUT2D eigenvalue weighted by molar-refractivity contribution is 0.288. The summed E-state index contributed by atoms with van der Waals surface area (Å²) in [7, 11) is 2.27. The van der Waals surface area contributed by atoms with Gasteiger partial charge in [0, 0.05) is 6.54 Å². The zero-order valence-electron chi connectivity index (χ0n) is 11.0. The van der Waals surface area contributed by atoms with Crippen molar-refractivity contribution in [3.63, 3.8) is 0 Å². The first-order valence-corrected chi connectivity index (χ1v) is 6.96. The molecule has 0 aromatic heterocycles. The van der Waals surface area contributed by atoms with E-state index in [9.17, 15) is 0 Å². The van der Waals surface area contributed by atoms with Crippen molar-refractivity contribution in [2.45, 2.75) is 58.8 Å². The van der Waals surface area contributed by atoms with Crippen LogP contribution in [0.4, 0.5) is 0 Å². The lowest BCUT2D eigenvalue weighted by Crippen LogP contribution is -2.19. The van der Waals surface area contributed by atoms with Crippen molar-refractivity contribution in [3.05, 3.63) is 0 Å². The second-order valence-corrected chi connectivity index (χ2v) is 5.33. The quantitative estimate of drug-likeness (QED) is 0.577. The van der Waals surface area contributed by atoms with Crippen LogP contribution in [0.5, 0.6) is 0 Å². The third-order valence-corrected chi connectivity index (χ3v) is 4.05. The van der Waals surface area contributed by atoms with Gasteiger partial charge in [-0.15, -0.1) is 0 Å². The van der Waals surface area contributed by atoms with Crippen LogP contribution in [-0.2, 0) is 0 Å². The molecule has 2 atom stereocenters. The number of hydrogen-bond donors (Lipinski definition) is 0. The summed E-state index contributed by atoms with van der Waals surface area (Å²) in [6, 6.07) is 0. The molecule has 15 heavy (non-hydrogen) atoms. The second-order valence-electron chi connectivity index (χ2n) is 5.33. The van der Waals surface area contributed by atoms with E-state index in [1.807, 2.05) is 0 Å². The fraction of sp³-hybridized carbons (Fsp3) is 1.00. The molecule has 0 aliphatic carbocycles. The Kier molecular flexibility index (Phi) is 6.31. The van der Waals surface area contributed by atoms with Gasteiger partial charge < -0.3 is 4.90 Å². The maximum atomic E-state index is 2.50. The van der Waals surface area contributed by atoms with E-state index >= 15 is 0 Å². The summed E-state index contributed by atoms with van der Waals surface area (Å²) in [6.07, 6.45) is 10.0. The van der Waals surface area contributed by atoms with Gasteiger partial charge in [-0.3, -0.25) is 0 Å². The van der Waals surface area contributed by atoms with E-state index in [1.165, 1.54) is 58.0 Å². The molecule has 1 fully saturated rings. The Hall–Kier alpha value is -0.0400. The second kappa shape index (κ2) is 7.27. The third-order valence-electron chi connectivity index (χ3n) is 4.05. The van der Waals surface area contributed by atoms with Crippen LogP contribution in [0.2, 0.25) is 0 Å². The van der Waals surface area contributed by atoms with Gasteiger partial charge in [0.05, 0.1) is 0 Å². The molecule has 0 saturated carbocycles. The van der Waals surface area contributed by atoms with Gasteiger partial charge >= 0.3 is 0 Å². The van der Waals surface area contributed by atoms with Crippen molar-refractivity contribution in [1.29, 1.82) is 0 Å². The predicted octanol–water partition coefficient (Wildman–Crippen LogP) is 3.93. The van der Waals surface area contributed by atoms with Gasteiger partial charge in [-0.05, 0) is 31.8 Å². The molecule has 1 saturated heterocycles. The van der Waals surface area contributed by atoms with Crippen molar-refractivity contribution < 1.29 is 0 Å². The number of nitrogens with zero attached hydrogens (tertiary/aromatic N) is 1. The van der Waals surface area contributed by atoms with Crippen LogP contribution in [0.3, 0.4) is 0 Å². The van der Waals surface area contributed by atoms with Crippen molar-refractivity contribution in [3.8, 4) is 0 Å². The zero-order chi connectivity index (χ0) is 11.1. The van der Waals surface area contributed by atoms with Gasteiger partial charge in [0.15, 0.2) is 0 Å². The Morgan fingerprint density at radius 1 is 1.20 bits per heavy atom. The summed E-state index contributed by atoms with van der Waals surface area (Å²) in [4.78, 5) is 2.50. The van der Waals surface area contributed by atoms with Gasteiger partial charge in [-0.25, -0.2) is 0 Å². The molecule has 0 N–H and O–H groups in total. The van der Waals surface area contributed by atoms with Gasteiger partial charge in [-0.2, -0.15) is 0 Å². The SMILES string of the molecule is CCCCCCC(CC)C1CCN(C)C1. The molecule has 1 aliphatic rings. The monoisotopic (exact) mass is 211 g/mol. The Balaban J connectivity index is 2.17. The van der Waals surface area contributed by atoms with E-state index < -0.39 is 0 Å². The van der Waals surface area contributed by atoms with Crippen LogP contribution < -0.4 is 0 Å². The van der Waals surface area contributed by atoms with Gasteiger partial charge in [0.2, 0.25) is 0 Å². The van der Waals surface area contributed by atoms with E-state index in [-0.39, 0.29) is 0 Å². The summed E-state index contributed by atoms with van der Waals surface area (Å²) in [5, 5.41) is 0. The number of likely N-dealkylation sites (tertiary alicyclic amines) is 1. The van der Waals surface area contributed by atoms with E-state index in [2.05, 4.69) is 25.8 Å². The summed E-state index contributed by atoms with van der Waals surface area (Å²) in [5.74, 6) is 2.01. The molecule has 90 valence electrons. The third kappa shape index (κ3) is 4.55. The van der Waals surface area contributed by atoms with Crippen LogP contribution in [-0.4, -0.2) is 25.0 Å². The average molecular weight is 211 g/mol. The highest BCUT2D eigenvalue weighted by Crippen LogP contribution is 2.29. The minimum Gasteiger partial charge on any atom is -0.306 e. The summed E-state index contributed by atoms with van der Waals surface area (Å²) >= 11 is 0. The zero-order valence-corrected chi connectivity index (χ0v) is 11.0. The molecule has 0 bridgehead atoms. The van der Waals surface area contributed by atoms with Crippen LogP contribution >= 0.6 is 0 Å². The van der Waals surface area contributed by atoms with E-state index in [0.29, 0.717) is 0 Å². The molecule has 2 unspecified atom stereocenters. The fourth-order valence-electron chi connectivity index (χ4n) is 2.96. The maximum absolute atomic E-state index is 2.50. The van der Waals surface area contributed by atoms with Crippen molar-refractivity contribution in [2.75, 3.05) is 20.1 Å². The highest BCUT2D eigenvalue weighted by atomic mass is 15.1. The normalized spacial score (nSPS) is 24.6. The first-order chi connectivity index (χ1) is 7.27. The van der Waals surface area contributed by atoms with Gasteiger partial charge in [0.1, 0.15) is 0 Å². The average Bonchev–Trinajstić information content (AvgIpc) is 2.65. The summed E-state index contributed by atoms with van der Waals surface area (Å²) < 4.78 is 0. The number of hydrogen-bond acceptors (Lipinski definition) is 1. The molecule has 1 aliphatic heterocycles. The Morgan fingerprint density at radius 2 is 2.00 bits per heavy atom. The fourth-order valence-corrected chi connectivity index (χ4v) is 2.96. The van der Waals surface area contributed by atoms with Crippen molar-refractivity contribution >= 4 is 0 Å². The molecule has 0 radical (unpaired) electrons. The van der Waals surface area contributed by atoms with Crippen LogP contribution in [0.15, 0.2) is 0 Å². The molecule has 1 heterocycles. The predicted molar refractivity (Wildman–Crippen MR) is 68.1 cm³/mol. The smallest absolute Gasteiger partial charge is 0.000973 e. The minimum atomic E-state index is 1.00. The molecule has 1 nitrogen and oxygen atoms in total. The molecular formula is C14H29N. The van der Waals surface area contributed by atoms with Crippen molar-refractivity contribution in [1.82, 2.24) is 4.90 Å². The van der Waals surface area contributed by atoms with Gasteiger partial charge in [0.25, 0.3) is 0 Å². The summed E-state index contributed by atoms with van der Waals surface area (Å²) in [5.41, 5.74) is 0. The van der Waals surface area contributed by atoms with Gasteiger partial charge in [-0.1, -0.05) is 52.4 Å². The molecule has 1 rings (SSSR count). The highest BCUT2D eigenvalue weighted by molar-refractivity contribution is 4.78. The molecule has 0 aromatic carbocycles. The molecule has 0 amide bonds. The largest absolute Gasteiger partial charge is 0.306 e. The molecule has 1 heteroatoms. The van der Waals surface area contributed by atoms with E-state index in [1.54, 1.807) is 0 Å². The van der Waals surface area contributed by atoms with Crippen molar-refractivity contribution in [2.24, 2.45) is 11.8 Å². The molecular weight excluding hydrogens is 182 g/mol. The first kappa shape index (κ1) is 13.0. The van der Waals surface area contributed by atoms with Crippen LogP contribution in [0.25, 0.3) is 0 Å². The number of unbranched alkanes of at least 4 members (excludes halogenated alkanes) is 3.